The first-order valence-corrected chi connectivity index (χ1v) is 6.17. The maximum Gasteiger partial charge on any atom is 0.261 e. The average Bonchev–Trinajstić information content (AvgIpc) is 2.15. The molecule has 0 spiro atoms. The van der Waals surface area contributed by atoms with Crippen LogP contribution in [0.4, 0.5) is 0 Å². The summed E-state index contributed by atoms with van der Waals surface area (Å²) in [6.07, 6.45) is 1.95. The number of rotatable bonds is 1. The summed E-state index contributed by atoms with van der Waals surface area (Å²) in [5.74, 6) is -1.11. The zero-order chi connectivity index (χ0) is 11.9. The Kier molecular flexibility index (Phi) is 2.23. The van der Waals surface area contributed by atoms with Crippen LogP contribution in [0.5, 0.6) is 0 Å². The Morgan fingerprint density at radius 1 is 1.38 bits per heavy atom. The molecular formula is C8H7N3O4S. The molecule has 1 aromatic heterocycles. The molecule has 84 valence electrons. The second-order valence-electron chi connectivity index (χ2n) is 3.34. The highest BCUT2D eigenvalue weighted by Crippen LogP contribution is 2.12. The molecule has 2 amide bonds. The highest BCUT2D eigenvalue weighted by atomic mass is 32.2. The number of sulfone groups is 1. The molecule has 0 bridgehead atoms. The first kappa shape index (κ1) is 10.7. The van der Waals surface area contributed by atoms with Crippen molar-refractivity contribution in [2.75, 3.05) is 6.26 Å². The van der Waals surface area contributed by atoms with Crippen molar-refractivity contribution in [3.05, 3.63) is 17.5 Å². The number of hydrogen-bond acceptors (Lipinski definition) is 6. The number of hydrogen-bond donors (Lipinski definition) is 1. The fourth-order valence-corrected chi connectivity index (χ4v) is 1.81. The van der Waals surface area contributed by atoms with Gasteiger partial charge in [-0.15, -0.1) is 0 Å². The van der Waals surface area contributed by atoms with Crippen LogP contribution in [-0.4, -0.2) is 36.5 Å². The van der Waals surface area contributed by atoms with Crippen LogP contribution in [0.3, 0.4) is 0 Å². The van der Waals surface area contributed by atoms with Crippen molar-refractivity contribution in [1.29, 1.82) is 0 Å². The molecule has 0 aliphatic carbocycles. The van der Waals surface area contributed by atoms with Crippen LogP contribution in [0.15, 0.2) is 11.4 Å². The van der Waals surface area contributed by atoms with Gasteiger partial charge in [0.25, 0.3) is 5.91 Å². The van der Waals surface area contributed by atoms with E-state index >= 15 is 0 Å². The minimum absolute atomic E-state index is 0.119. The normalized spacial score (nSPS) is 15.6. The number of nitrogens with one attached hydrogen (secondary N) is 1. The maximum absolute atomic E-state index is 11.3. The maximum atomic E-state index is 11.3. The smallest absolute Gasteiger partial charge is 0.261 e. The van der Waals surface area contributed by atoms with Gasteiger partial charge in [-0.3, -0.25) is 14.9 Å². The molecule has 1 aromatic rings. The Hall–Kier alpha value is -1.83. The molecule has 7 nitrogen and oxygen atoms in total. The molecule has 16 heavy (non-hydrogen) atoms. The van der Waals surface area contributed by atoms with Gasteiger partial charge in [0, 0.05) is 12.5 Å². The molecule has 0 aromatic carbocycles. The average molecular weight is 241 g/mol. The largest absolute Gasteiger partial charge is 0.292 e. The van der Waals surface area contributed by atoms with Crippen LogP contribution in [0.25, 0.3) is 0 Å². The van der Waals surface area contributed by atoms with Gasteiger partial charge in [0.1, 0.15) is 0 Å². The van der Waals surface area contributed by atoms with E-state index in [1.807, 2.05) is 0 Å². The van der Waals surface area contributed by atoms with Gasteiger partial charge < -0.3 is 0 Å². The van der Waals surface area contributed by atoms with Gasteiger partial charge in [-0.05, 0) is 0 Å². The summed E-state index contributed by atoms with van der Waals surface area (Å²) in [5.41, 5.74) is 0.274. The van der Waals surface area contributed by atoms with Crippen molar-refractivity contribution in [3.63, 3.8) is 0 Å². The van der Waals surface area contributed by atoms with Crippen molar-refractivity contribution in [3.8, 4) is 0 Å². The molecule has 2 heterocycles. The van der Waals surface area contributed by atoms with E-state index in [1.54, 1.807) is 0 Å². The summed E-state index contributed by atoms with van der Waals surface area (Å²) in [4.78, 5) is 29.6. The van der Waals surface area contributed by atoms with E-state index < -0.39 is 21.7 Å². The Morgan fingerprint density at radius 2 is 2.06 bits per heavy atom. The second kappa shape index (κ2) is 3.34. The summed E-state index contributed by atoms with van der Waals surface area (Å²) in [5, 5.41) is 1.71. The summed E-state index contributed by atoms with van der Waals surface area (Å²) < 4.78 is 22.3. The van der Waals surface area contributed by atoms with E-state index in [2.05, 4.69) is 15.3 Å². The van der Waals surface area contributed by atoms with E-state index in [0.717, 1.165) is 12.5 Å². The standard InChI is InChI=1S/C8H7N3O4S/c1-16(14,15)8-9-3-4-5(10-8)2-6(12)11-7(4)13/h3H,2H2,1H3,(H,11,12,13). The molecule has 0 atom stereocenters. The summed E-state index contributed by atoms with van der Waals surface area (Å²) in [6.45, 7) is 0. The van der Waals surface area contributed by atoms with Gasteiger partial charge in [-0.1, -0.05) is 0 Å². The number of carbonyl (C=O) groups is 2. The van der Waals surface area contributed by atoms with E-state index in [-0.39, 0.29) is 22.8 Å². The van der Waals surface area contributed by atoms with Gasteiger partial charge in [0.05, 0.1) is 17.7 Å². The molecule has 0 saturated heterocycles. The van der Waals surface area contributed by atoms with Crippen molar-refractivity contribution < 1.29 is 18.0 Å². The lowest BCUT2D eigenvalue weighted by atomic mass is 10.1. The number of carbonyl (C=O) groups excluding carboxylic acids is 2. The zero-order valence-electron chi connectivity index (χ0n) is 8.22. The first-order chi connectivity index (χ1) is 7.38. The topological polar surface area (TPSA) is 106 Å². The van der Waals surface area contributed by atoms with E-state index in [0.29, 0.717) is 0 Å². The lowest BCUT2D eigenvalue weighted by Crippen LogP contribution is -2.38. The van der Waals surface area contributed by atoms with Crippen LogP contribution in [-0.2, 0) is 21.1 Å². The number of aromatic nitrogens is 2. The van der Waals surface area contributed by atoms with Gasteiger partial charge in [0.2, 0.25) is 20.9 Å². The number of fused-ring (bicyclic) bond motifs is 1. The Bertz CT molecular complexity index is 593. The predicted molar refractivity (Wildman–Crippen MR) is 51.3 cm³/mol. The Balaban J connectivity index is 2.59. The number of imide groups is 1. The molecule has 1 aliphatic heterocycles. The number of nitrogens with zero attached hydrogens (tertiary/aromatic N) is 2. The molecule has 0 radical (unpaired) electrons. The third-order valence-corrected chi connectivity index (χ3v) is 2.86. The predicted octanol–water partition coefficient (Wildman–Crippen LogP) is -1.31. The van der Waals surface area contributed by atoms with Gasteiger partial charge in [-0.25, -0.2) is 18.4 Å². The van der Waals surface area contributed by atoms with Crippen LogP contribution in [0.1, 0.15) is 16.1 Å². The zero-order valence-corrected chi connectivity index (χ0v) is 9.04. The van der Waals surface area contributed by atoms with E-state index in [1.165, 1.54) is 0 Å². The fraction of sp³-hybridized carbons (Fsp3) is 0.250. The molecule has 0 saturated carbocycles. The lowest BCUT2D eigenvalue weighted by molar-refractivity contribution is -0.119. The first-order valence-electron chi connectivity index (χ1n) is 4.28. The van der Waals surface area contributed by atoms with Gasteiger partial charge in [0.15, 0.2) is 0 Å². The second-order valence-corrected chi connectivity index (χ2v) is 5.25. The quantitative estimate of drug-likeness (QED) is 0.483. The highest BCUT2D eigenvalue weighted by Gasteiger charge is 2.25. The third-order valence-electron chi connectivity index (χ3n) is 2.00. The molecule has 1 N–H and O–H groups in total. The molecule has 0 unspecified atom stereocenters. The highest BCUT2D eigenvalue weighted by molar-refractivity contribution is 7.90. The van der Waals surface area contributed by atoms with Crippen molar-refractivity contribution >= 4 is 21.7 Å². The monoisotopic (exact) mass is 241 g/mol. The van der Waals surface area contributed by atoms with Crippen LogP contribution < -0.4 is 5.32 Å². The Labute approximate surface area is 90.8 Å². The van der Waals surface area contributed by atoms with Crippen molar-refractivity contribution in [1.82, 2.24) is 15.3 Å². The van der Waals surface area contributed by atoms with Crippen LogP contribution in [0, 0.1) is 0 Å². The van der Waals surface area contributed by atoms with Gasteiger partial charge in [-0.2, -0.15) is 0 Å². The van der Waals surface area contributed by atoms with Crippen LogP contribution in [0.2, 0.25) is 0 Å². The summed E-state index contributed by atoms with van der Waals surface area (Å²) >= 11 is 0. The minimum Gasteiger partial charge on any atom is -0.292 e. The number of amides is 2. The fourth-order valence-electron chi connectivity index (χ4n) is 1.29. The molecule has 0 fully saturated rings. The molecule has 8 heteroatoms. The lowest BCUT2D eigenvalue weighted by Gasteiger charge is -2.13. The summed E-state index contributed by atoms with van der Waals surface area (Å²) in [7, 11) is -3.54. The van der Waals surface area contributed by atoms with Crippen LogP contribution >= 0.6 is 0 Å². The molecule has 1 aliphatic rings. The third kappa shape index (κ3) is 1.78. The molecular weight excluding hydrogens is 234 g/mol. The Morgan fingerprint density at radius 3 is 2.69 bits per heavy atom. The van der Waals surface area contributed by atoms with Gasteiger partial charge >= 0.3 is 0 Å². The van der Waals surface area contributed by atoms with E-state index in [4.69, 9.17) is 0 Å². The molecule has 2 rings (SSSR count). The van der Waals surface area contributed by atoms with E-state index in [9.17, 15) is 18.0 Å². The minimum atomic E-state index is -3.54. The van der Waals surface area contributed by atoms with Crippen molar-refractivity contribution in [2.45, 2.75) is 11.6 Å². The van der Waals surface area contributed by atoms with Crippen molar-refractivity contribution in [2.24, 2.45) is 0 Å². The summed E-state index contributed by atoms with van der Waals surface area (Å²) in [6, 6.07) is 0. The SMILES string of the molecule is CS(=O)(=O)c1ncc2c(n1)CC(=O)NC2=O.